The van der Waals surface area contributed by atoms with Gasteiger partial charge in [0.2, 0.25) is 16.7 Å². The standard InChI is InChI=1S/C28H44N8O4P2S2/c1-23-13-17-27(18-14-23)43(37,38)35-29-25(3)33(41(35)31(5)6)21-11-9-10-12-22-34-26(4)30-36(42(34)32(7)8)44(39,40)28-19-15-24(2)16-20-28/h13-20H,9-12,21-22H2,1-8H3. The molecule has 16 heteroatoms. The number of aryl methyl sites for hydroxylation is 2. The third kappa shape index (κ3) is 7.21. The zero-order valence-corrected chi connectivity index (χ0v) is 30.2. The minimum absolute atomic E-state index is 0.236. The second-order valence-electron chi connectivity index (χ2n) is 11.3. The Morgan fingerprint density at radius 1 is 0.568 bits per heavy atom. The van der Waals surface area contributed by atoms with E-state index in [-0.39, 0.29) is 9.79 Å². The molecule has 2 atom stereocenters. The van der Waals surface area contributed by atoms with Crippen molar-refractivity contribution in [2.45, 2.75) is 63.2 Å². The molecule has 0 bridgehead atoms. The Kier molecular flexibility index (Phi) is 11.0. The second kappa shape index (κ2) is 14.0. The molecule has 44 heavy (non-hydrogen) atoms. The first-order valence-corrected chi connectivity index (χ1v) is 19.8. The normalized spacial score (nSPS) is 19.4. The lowest BCUT2D eigenvalue weighted by Gasteiger charge is -2.34. The van der Waals surface area contributed by atoms with Crippen LogP contribution in [0.5, 0.6) is 0 Å². The van der Waals surface area contributed by atoms with Crippen LogP contribution in [-0.2, 0) is 20.0 Å². The van der Waals surface area contributed by atoms with E-state index in [9.17, 15) is 16.8 Å². The first-order valence-electron chi connectivity index (χ1n) is 14.5. The highest BCUT2D eigenvalue weighted by Crippen LogP contribution is 2.55. The number of sulfonamides is 2. The summed E-state index contributed by atoms with van der Waals surface area (Å²) in [5, 5.41) is 8.99. The average molecular weight is 683 g/mol. The van der Waals surface area contributed by atoms with E-state index in [0.717, 1.165) is 36.8 Å². The fraction of sp³-hybridized carbons (Fsp3) is 0.500. The predicted octanol–water partition coefficient (Wildman–Crippen LogP) is 5.42. The summed E-state index contributed by atoms with van der Waals surface area (Å²) in [4.78, 5) is 0.471. The molecular weight excluding hydrogens is 638 g/mol. The molecule has 0 saturated carbocycles. The largest absolute Gasteiger partial charge is 0.306 e. The number of hydrazone groups is 2. The minimum Gasteiger partial charge on any atom is -0.306 e. The minimum atomic E-state index is -3.79. The van der Waals surface area contributed by atoms with Crippen molar-refractivity contribution >= 4 is 48.5 Å². The highest BCUT2D eigenvalue weighted by Gasteiger charge is 2.43. The summed E-state index contributed by atoms with van der Waals surface area (Å²) in [6.07, 6.45) is 3.64. The quantitative estimate of drug-likeness (QED) is 0.204. The maximum atomic E-state index is 13.5. The van der Waals surface area contributed by atoms with Gasteiger partial charge in [-0.1, -0.05) is 48.2 Å². The Hall–Kier alpha value is -2.34. The molecule has 0 amide bonds. The van der Waals surface area contributed by atoms with Gasteiger partial charge in [0, 0.05) is 13.1 Å². The van der Waals surface area contributed by atoms with E-state index in [0.29, 0.717) is 24.8 Å². The van der Waals surface area contributed by atoms with Crippen LogP contribution in [0, 0.1) is 13.8 Å². The highest BCUT2D eigenvalue weighted by molar-refractivity contribution is 7.94. The van der Waals surface area contributed by atoms with Gasteiger partial charge in [-0.2, -0.15) is 16.8 Å². The lowest BCUT2D eigenvalue weighted by atomic mass is 10.2. The molecule has 0 aromatic heterocycles. The van der Waals surface area contributed by atoms with E-state index in [2.05, 4.69) is 19.5 Å². The van der Waals surface area contributed by atoms with Gasteiger partial charge in [0.1, 0.15) is 11.7 Å². The number of rotatable bonds is 13. The van der Waals surface area contributed by atoms with Crippen molar-refractivity contribution in [3.63, 3.8) is 0 Å². The number of hydrogen-bond acceptors (Lipinski definition) is 10. The second-order valence-corrected chi connectivity index (χ2v) is 19.7. The molecular formula is C28H44N8O4P2S2. The van der Waals surface area contributed by atoms with Gasteiger partial charge in [-0.15, -0.1) is 18.6 Å². The van der Waals surface area contributed by atoms with Crippen molar-refractivity contribution in [3.05, 3.63) is 59.7 Å². The molecule has 242 valence electrons. The van der Waals surface area contributed by atoms with Crippen molar-refractivity contribution in [1.82, 2.24) is 27.1 Å². The van der Waals surface area contributed by atoms with E-state index in [1.807, 2.05) is 65.2 Å². The van der Waals surface area contributed by atoms with E-state index < -0.39 is 36.8 Å². The van der Waals surface area contributed by atoms with Gasteiger partial charge in [0.25, 0.3) is 20.0 Å². The van der Waals surface area contributed by atoms with Gasteiger partial charge in [0.05, 0.1) is 9.79 Å². The molecule has 0 aliphatic carbocycles. The fourth-order valence-electron chi connectivity index (χ4n) is 4.90. The Morgan fingerprint density at radius 3 is 1.18 bits per heavy atom. The van der Waals surface area contributed by atoms with Gasteiger partial charge in [-0.05, 0) is 93.0 Å². The Bertz CT molecular complexity index is 1460. The van der Waals surface area contributed by atoms with Crippen molar-refractivity contribution in [2.24, 2.45) is 10.2 Å². The van der Waals surface area contributed by atoms with Crippen LogP contribution in [0.2, 0.25) is 0 Å². The third-order valence-electron chi connectivity index (χ3n) is 7.22. The molecule has 0 spiro atoms. The molecule has 2 aromatic rings. The highest BCUT2D eigenvalue weighted by atomic mass is 32.2. The molecule has 2 aliphatic rings. The Labute approximate surface area is 265 Å². The number of unbranched alkanes of at least 4 members (excludes halogenated alkanes) is 3. The lowest BCUT2D eigenvalue weighted by Crippen LogP contribution is -2.32. The first-order chi connectivity index (χ1) is 20.7. The third-order valence-corrected chi connectivity index (χ3v) is 16.2. The molecule has 0 fully saturated rings. The van der Waals surface area contributed by atoms with Crippen molar-refractivity contribution in [2.75, 3.05) is 41.3 Å². The summed E-state index contributed by atoms with van der Waals surface area (Å²) in [5.41, 5.74) is 1.99. The van der Waals surface area contributed by atoms with Gasteiger partial charge >= 0.3 is 0 Å². The predicted molar refractivity (Wildman–Crippen MR) is 180 cm³/mol. The Balaban J connectivity index is 1.33. The molecule has 2 unspecified atom stereocenters. The number of benzene rings is 2. The maximum Gasteiger partial charge on any atom is 0.284 e. The molecule has 4 rings (SSSR count). The van der Waals surface area contributed by atoms with Crippen LogP contribution in [0.15, 0.2) is 68.5 Å². The van der Waals surface area contributed by atoms with Crippen LogP contribution in [-0.4, -0.2) is 96.8 Å². The van der Waals surface area contributed by atoms with E-state index in [1.165, 1.54) is 8.37 Å². The smallest absolute Gasteiger partial charge is 0.284 e. The monoisotopic (exact) mass is 682 g/mol. The first kappa shape index (κ1) is 34.5. The van der Waals surface area contributed by atoms with Crippen molar-refractivity contribution < 1.29 is 16.8 Å². The molecule has 2 aliphatic heterocycles. The van der Waals surface area contributed by atoms with Crippen LogP contribution in [0.1, 0.15) is 50.7 Å². The molecule has 2 heterocycles. The summed E-state index contributed by atoms with van der Waals surface area (Å²) in [6.45, 7) is 8.96. The van der Waals surface area contributed by atoms with Crippen LogP contribution in [0.3, 0.4) is 0 Å². The Morgan fingerprint density at radius 2 is 0.886 bits per heavy atom. The SMILES string of the molecule is CC1=NN(S(=O)(=O)c2ccc(C)cc2)P(N(C)C)N1CCCCCCN1C(C)=NN(S(=O)(=O)c2ccc(C)cc2)P1N(C)C. The average Bonchev–Trinajstić information content (AvgIpc) is 3.48. The molecule has 2 aromatic carbocycles. The van der Waals surface area contributed by atoms with Crippen molar-refractivity contribution in [1.29, 1.82) is 0 Å². The van der Waals surface area contributed by atoms with Crippen LogP contribution in [0.4, 0.5) is 0 Å². The van der Waals surface area contributed by atoms with E-state index in [1.54, 1.807) is 48.5 Å². The van der Waals surface area contributed by atoms with Gasteiger partial charge < -0.3 is 9.34 Å². The van der Waals surface area contributed by atoms with Crippen LogP contribution in [0.25, 0.3) is 0 Å². The zero-order valence-electron chi connectivity index (χ0n) is 26.8. The number of amidine groups is 2. The number of hydrogen-bond donors (Lipinski definition) is 0. The summed E-state index contributed by atoms with van der Waals surface area (Å²) < 4.78 is 64.6. The van der Waals surface area contributed by atoms with Gasteiger partial charge in [0.15, 0.2) is 0 Å². The maximum absolute atomic E-state index is 13.5. The molecule has 0 radical (unpaired) electrons. The molecule has 0 N–H and O–H groups in total. The topological polar surface area (TPSA) is 112 Å². The molecule has 0 saturated heterocycles. The van der Waals surface area contributed by atoms with Gasteiger partial charge in [-0.25, -0.2) is 0 Å². The number of nitrogens with zero attached hydrogens (tertiary/aromatic N) is 8. The summed E-state index contributed by atoms with van der Waals surface area (Å²) >= 11 is 0. The fourth-order valence-corrected chi connectivity index (χ4v) is 13.7. The van der Waals surface area contributed by atoms with E-state index >= 15 is 0 Å². The van der Waals surface area contributed by atoms with E-state index in [4.69, 9.17) is 0 Å². The zero-order chi connectivity index (χ0) is 32.4. The van der Waals surface area contributed by atoms with Crippen LogP contribution >= 0.6 is 16.7 Å². The lowest BCUT2D eigenvalue weighted by molar-refractivity contribution is 0.487. The summed E-state index contributed by atoms with van der Waals surface area (Å²) in [5.74, 6) is 1.38. The van der Waals surface area contributed by atoms with Crippen LogP contribution < -0.4 is 0 Å². The van der Waals surface area contributed by atoms with Crippen molar-refractivity contribution in [3.8, 4) is 0 Å². The molecule has 12 nitrogen and oxygen atoms in total. The van der Waals surface area contributed by atoms with Gasteiger partial charge in [-0.3, -0.25) is 9.34 Å². The summed E-state index contributed by atoms with van der Waals surface area (Å²) in [7, 11) is -2.76. The summed E-state index contributed by atoms with van der Waals surface area (Å²) in [6, 6.07) is 13.7.